The molecule has 196 valence electrons. The Kier molecular flexibility index (Phi) is 5.08. The number of phenols is 2. The topological polar surface area (TPSA) is 102 Å². The van der Waals surface area contributed by atoms with Crippen LogP contribution in [0.1, 0.15) is 37.4 Å². The van der Waals surface area contributed by atoms with E-state index in [4.69, 9.17) is 9.47 Å². The van der Waals surface area contributed by atoms with E-state index >= 15 is 0 Å². The molecule has 0 saturated carbocycles. The fourth-order valence-electron chi connectivity index (χ4n) is 4.65. The first kappa shape index (κ1) is 24.2. The Morgan fingerprint density at radius 2 is 1.26 bits per heavy atom. The zero-order chi connectivity index (χ0) is 27.8. The number of hydrogen-bond acceptors (Lipinski definition) is 7. The maximum Gasteiger partial charge on any atom is 0.343 e. The molecule has 0 aliphatic carbocycles. The van der Waals surface area contributed by atoms with Crippen LogP contribution in [0.5, 0.6) is 28.7 Å². The van der Waals surface area contributed by atoms with E-state index in [1.54, 1.807) is 0 Å². The van der Waals surface area contributed by atoms with Gasteiger partial charge in [-0.1, -0.05) is 0 Å². The molecule has 0 unspecified atom stereocenters. The first-order chi connectivity index (χ1) is 18.5. The number of halogens is 5. The minimum atomic E-state index is -2.42. The minimum absolute atomic E-state index is 0.0252. The van der Waals surface area contributed by atoms with Gasteiger partial charge in [-0.05, 0) is 42.5 Å². The van der Waals surface area contributed by atoms with Crippen molar-refractivity contribution in [2.24, 2.45) is 0 Å². The molecular weight excluding hydrogens is 531 g/mol. The van der Waals surface area contributed by atoms with Gasteiger partial charge in [0, 0.05) is 28.8 Å². The number of ether oxygens (including phenoxy) is 3. The van der Waals surface area contributed by atoms with Gasteiger partial charge in [0.2, 0.25) is 34.8 Å². The molecule has 4 aromatic carbocycles. The molecule has 0 radical (unpaired) electrons. The summed E-state index contributed by atoms with van der Waals surface area (Å²) >= 11 is 0. The van der Waals surface area contributed by atoms with E-state index in [2.05, 4.69) is 4.74 Å². The number of carbonyl (C=O) groups excluding carboxylic acids is 2. The molecule has 2 N–H and O–H groups in total. The molecule has 2 heterocycles. The van der Waals surface area contributed by atoms with Gasteiger partial charge >= 0.3 is 11.9 Å². The van der Waals surface area contributed by atoms with Crippen LogP contribution in [0.15, 0.2) is 54.6 Å². The Hall–Kier alpha value is -5.13. The number of benzene rings is 4. The molecular formula is C27H11F5O7. The number of rotatable bonds is 2. The molecule has 7 nitrogen and oxygen atoms in total. The Bertz CT molecular complexity index is 1690. The molecule has 4 aromatic rings. The molecule has 0 saturated heterocycles. The first-order valence-electron chi connectivity index (χ1n) is 11.0. The standard InChI is InChI=1S/C27H11F5O7/c28-19-20(29)22(31)24(23(32)21(19)30)38-25(35)10-1-4-13-16(7-10)27(39-26(13)36)14-5-2-11(33)8-17(14)37-18-9-12(34)3-6-15(18)27/h1-9,33-34H. The molecule has 39 heavy (non-hydrogen) atoms. The average molecular weight is 542 g/mol. The summed E-state index contributed by atoms with van der Waals surface area (Å²) in [5.41, 5.74) is -1.75. The van der Waals surface area contributed by atoms with Crippen LogP contribution in [0.25, 0.3) is 0 Å². The van der Waals surface area contributed by atoms with Crippen molar-refractivity contribution in [3.8, 4) is 28.7 Å². The van der Waals surface area contributed by atoms with E-state index in [0.717, 1.165) is 18.2 Å². The summed E-state index contributed by atoms with van der Waals surface area (Å²) in [7, 11) is 0. The van der Waals surface area contributed by atoms with Crippen LogP contribution >= 0.6 is 0 Å². The number of carbonyl (C=O) groups is 2. The van der Waals surface area contributed by atoms with Crippen LogP contribution in [0.3, 0.4) is 0 Å². The molecule has 2 aliphatic rings. The predicted octanol–water partition coefficient (Wildman–Crippen LogP) is 5.58. The highest BCUT2D eigenvalue weighted by Crippen LogP contribution is 2.57. The summed E-state index contributed by atoms with van der Waals surface area (Å²) in [6, 6.07) is 11.2. The van der Waals surface area contributed by atoms with Crippen molar-refractivity contribution >= 4 is 11.9 Å². The first-order valence-corrected chi connectivity index (χ1v) is 11.0. The number of hydrogen-bond donors (Lipinski definition) is 2. The summed E-state index contributed by atoms with van der Waals surface area (Å²) in [6.45, 7) is 0. The summed E-state index contributed by atoms with van der Waals surface area (Å²) in [4.78, 5) is 25.8. The second-order valence-electron chi connectivity index (χ2n) is 8.58. The fourth-order valence-corrected chi connectivity index (χ4v) is 4.65. The summed E-state index contributed by atoms with van der Waals surface area (Å²) in [6.07, 6.45) is 0. The number of esters is 2. The van der Waals surface area contributed by atoms with Crippen molar-refractivity contribution < 1.29 is 56.0 Å². The molecule has 0 amide bonds. The molecule has 12 heteroatoms. The van der Waals surface area contributed by atoms with Crippen LogP contribution in [0.4, 0.5) is 22.0 Å². The summed E-state index contributed by atoms with van der Waals surface area (Å²) in [5, 5.41) is 20.0. The van der Waals surface area contributed by atoms with Gasteiger partial charge in [-0.2, -0.15) is 8.78 Å². The van der Waals surface area contributed by atoms with E-state index in [9.17, 15) is 41.8 Å². The van der Waals surface area contributed by atoms with Gasteiger partial charge < -0.3 is 24.4 Å². The average Bonchev–Trinajstić information content (AvgIpc) is 3.20. The molecule has 2 aliphatic heterocycles. The van der Waals surface area contributed by atoms with Crippen molar-refractivity contribution in [2.45, 2.75) is 5.60 Å². The van der Waals surface area contributed by atoms with Gasteiger partial charge in [0.05, 0.1) is 11.1 Å². The van der Waals surface area contributed by atoms with Gasteiger partial charge in [0.15, 0.2) is 5.60 Å². The Morgan fingerprint density at radius 1 is 0.718 bits per heavy atom. The van der Waals surface area contributed by atoms with Crippen molar-refractivity contribution in [2.75, 3.05) is 0 Å². The van der Waals surface area contributed by atoms with Gasteiger partial charge in [-0.25, -0.2) is 22.8 Å². The lowest BCUT2D eigenvalue weighted by molar-refractivity contribution is 0.0224. The second kappa shape index (κ2) is 8.18. The third-order valence-electron chi connectivity index (χ3n) is 6.37. The zero-order valence-electron chi connectivity index (χ0n) is 19.0. The highest BCUT2D eigenvalue weighted by atomic mass is 19.2. The van der Waals surface area contributed by atoms with Crippen LogP contribution < -0.4 is 9.47 Å². The van der Waals surface area contributed by atoms with Crippen molar-refractivity contribution in [1.82, 2.24) is 0 Å². The molecule has 1 spiro atoms. The SMILES string of the molecule is O=C(Oc1c(F)c(F)c(F)c(F)c1F)c1ccc2c(c1)C1(OC2=O)c2ccc(O)cc2Oc2cc(O)ccc21. The number of aromatic hydroxyl groups is 2. The predicted molar refractivity (Wildman–Crippen MR) is 119 cm³/mol. The quantitative estimate of drug-likeness (QED) is 0.112. The molecule has 6 rings (SSSR count). The van der Waals surface area contributed by atoms with Crippen molar-refractivity contribution in [1.29, 1.82) is 0 Å². The molecule has 0 aromatic heterocycles. The summed E-state index contributed by atoms with van der Waals surface area (Å²) in [5.74, 6) is -16.1. The Morgan fingerprint density at radius 3 is 1.82 bits per heavy atom. The number of phenolic OH excluding ortho intramolecular Hbond substituents is 2. The fraction of sp³-hybridized carbons (Fsp3) is 0.0370. The normalized spacial score (nSPS) is 14.2. The number of fused-ring (bicyclic) bond motifs is 6. The zero-order valence-corrected chi connectivity index (χ0v) is 19.0. The van der Waals surface area contributed by atoms with E-state index in [0.29, 0.717) is 0 Å². The van der Waals surface area contributed by atoms with E-state index in [-0.39, 0.29) is 45.3 Å². The van der Waals surface area contributed by atoms with Gasteiger partial charge in [0.1, 0.15) is 23.0 Å². The van der Waals surface area contributed by atoms with Crippen LogP contribution in [0.2, 0.25) is 0 Å². The van der Waals surface area contributed by atoms with E-state index < -0.39 is 57.9 Å². The highest BCUT2D eigenvalue weighted by Gasteiger charge is 2.54. The smallest absolute Gasteiger partial charge is 0.343 e. The van der Waals surface area contributed by atoms with Crippen molar-refractivity contribution in [3.63, 3.8) is 0 Å². The lowest BCUT2D eigenvalue weighted by atomic mass is 9.77. The van der Waals surface area contributed by atoms with Crippen molar-refractivity contribution in [3.05, 3.63) is 112 Å². The third-order valence-corrected chi connectivity index (χ3v) is 6.37. The minimum Gasteiger partial charge on any atom is -0.508 e. The van der Waals surface area contributed by atoms with Crippen LogP contribution in [-0.4, -0.2) is 22.2 Å². The summed E-state index contributed by atoms with van der Waals surface area (Å²) < 4.78 is 85.0. The third kappa shape index (κ3) is 3.34. The van der Waals surface area contributed by atoms with Gasteiger partial charge in [-0.3, -0.25) is 0 Å². The monoisotopic (exact) mass is 542 g/mol. The second-order valence-corrected chi connectivity index (χ2v) is 8.58. The Balaban J connectivity index is 1.52. The van der Waals surface area contributed by atoms with Crippen LogP contribution in [0, 0.1) is 29.1 Å². The Labute approximate surface area is 214 Å². The molecule has 0 fully saturated rings. The lowest BCUT2D eigenvalue weighted by Gasteiger charge is -2.36. The maximum absolute atomic E-state index is 14.1. The van der Waals surface area contributed by atoms with E-state index in [1.165, 1.54) is 36.4 Å². The largest absolute Gasteiger partial charge is 0.508 e. The maximum atomic E-state index is 14.1. The van der Waals surface area contributed by atoms with Gasteiger partial charge in [-0.15, -0.1) is 0 Å². The van der Waals surface area contributed by atoms with Gasteiger partial charge in [0.25, 0.3) is 0 Å². The molecule has 0 bridgehead atoms. The van der Waals surface area contributed by atoms with Crippen LogP contribution in [-0.2, 0) is 10.3 Å². The molecule has 0 atom stereocenters. The highest BCUT2D eigenvalue weighted by molar-refractivity contribution is 5.99. The van der Waals surface area contributed by atoms with E-state index in [1.807, 2.05) is 0 Å². The lowest BCUT2D eigenvalue weighted by Crippen LogP contribution is -2.33.